The highest BCUT2D eigenvalue weighted by Crippen LogP contribution is 2.37. The zero-order chi connectivity index (χ0) is 31.6. The van der Waals surface area contributed by atoms with Crippen LogP contribution in [0.15, 0.2) is 78.4 Å². The third-order valence-electron chi connectivity index (χ3n) is 7.61. The van der Waals surface area contributed by atoms with Crippen molar-refractivity contribution in [1.29, 1.82) is 0 Å². The molecule has 0 bridgehead atoms. The Morgan fingerprint density at radius 3 is 2.25 bits per heavy atom. The van der Waals surface area contributed by atoms with E-state index in [1.165, 1.54) is 11.8 Å². The van der Waals surface area contributed by atoms with Gasteiger partial charge in [0, 0.05) is 31.6 Å². The number of halogens is 2. The molecule has 1 saturated carbocycles. The Bertz CT molecular complexity index is 1590. The Hall–Kier alpha value is -3.81. The molecule has 1 aliphatic carbocycles. The Morgan fingerprint density at radius 1 is 0.932 bits per heavy atom. The fraction of sp³-hybridized carbons (Fsp3) is 0.343. The normalized spacial score (nSPS) is 16.9. The first-order valence-corrected chi connectivity index (χ1v) is 15.5. The zero-order valence-electron chi connectivity index (χ0n) is 25.4. The summed E-state index contributed by atoms with van der Waals surface area (Å²) in [5.74, 6) is -0.485. The summed E-state index contributed by atoms with van der Waals surface area (Å²) in [7, 11) is 0. The van der Waals surface area contributed by atoms with Gasteiger partial charge in [0.2, 0.25) is 5.91 Å². The van der Waals surface area contributed by atoms with Gasteiger partial charge in [0.25, 0.3) is 5.91 Å². The lowest BCUT2D eigenvalue weighted by Gasteiger charge is -2.38. The molecule has 1 aliphatic heterocycles. The SMILES string of the molecule is CC(=O)NC1CN(C(=O)OC(C)(C)C)CC(C(=O)N(Cc2cccc(Cl)c2Cl)C2CC2)=C1c1cccc(-c2ccccc2)c1. The van der Waals surface area contributed by atoms with Gasteiger partial charge in [0.05, 0.1) is 22.6 Å². The lowest BCUT2D eigenvalue weighted by molar-refractivity contribution is -0.128. The van der Waals surface area contributed by atoms with Gasteiger partial charge in [-0.05, 0) is 73.6 Å². The molecule has 0 radical (unpaired) electrons. The van der Waals surface area contributed by atoms with E-state index in [-0.39, 0.29) is 37.5 Å². The maximum atomic E-state index is 14.7. The smallest absolute Gasteiger partial charge is 0.410 e. The van der Waals surface area contributed by atoms with Crippen molar-refractivity contribution in [1.82, 2.24) is 15.1 Å². The number of rotatable bonds is 7. The molecular weight excluding hydrogens is 597 g/mol. The number of hydrogen-bond donors (Lipinski definition) is 1. The molecule has 0 spiro atoms. The number of carbonyl (C=O) groups excluding carboxylic acids is 3. The lowest BCUT2D eigenvalue weighted by Crippen LogP contribution is -2.53. The summed E-state index contributed by atoms with van der Waals surface area (Å²) in [4.78, 5) is 43.9. The monoisotopic (exact) mass is 633 g/mol. The molecule has 3 aromatic carbocycles. The van der Waals surface area contributed by atoms with Crippen LogP contribution in [-0.2, 0) is 20.9 Å². The van der Waals surface area contributed by atoms with Crippen LogP contribution >= 0.6 is 23.2 Å². The van der Waals surface area contributed by atoms with E-state index >= 15 is 0 Å². The predicted molar refractivity (Wildman–Crippen MR) is 174 cm³/mol. The van der Waals surface area contributed by atoms with Crippen molar-refractivity contribution in [2.45, 2.75) is 64.8 Å². The summed E-state index contributed by atoms with van der Waals surface area (Å²) in [5, 5.41) is 3.85. The number of amides is 3. The van der Waals surface area contributed by atoms with Crippen LogP contribution in [0.4, 0.5) is 4.79 Å². The van der Waals surface area contributed by atoms with Gasteiger partial charge in [-0.15, -0.1) is 0 Å². The topological polar surface area (TPSA) is 79.0 Å². The van der Waals surface area contributed by atoms with Crippen LogP contribution in [0.3, 0.4) is 0 Å². The van der Waals surface area contributed by atoms with Crippen molar-refractivity contribution < 1.29 is 19.1 Å². The highest BCUT2D eigenvalue weighted by Gasteiger charge is 2.41. The standard InChI is InChI=1S/C35H37Cl2N3O4/c1-22(41)38-30-21-39(34(43)44-35(2,3)4)20-28(31(30)25-13-8-12-24(18-25)23-10-6-5-7-11-23)33(42)40(27-16-17-27)19-26-14-9-15-29(36)32(26)37/h5-15,18,27,30H,16-17,19-21H2,1-4H3,(H,38,41). The molecule has 0 aromatic heterocycles. The van der Waals surface area contributed by atoms with E-state index < -0.39 is 17.7 Å². The third-order valence-corrected chi connectivity index (χ3v) is 8.47. The second-order valence-corrected chi connectivity index (χ2v) is 13.1. The molecule has 1 atom stereocenters. The molecule has 1 heterocycles. The van der Waals surface area contributed by atoms with Crippen molar-refractivity contribution in [2.24, 2.45) is 0 Å². The van der Waals surface area contributed by atoms with Crippen molar-refractivity contribution >= 4 is 46.7 Å². The zero-order valence-corrected chi connectivity index (χ0v) is 26.9. The van der Waals surface area contributed by atoms with Crippen LogP contribution in [0.5, 0.6) is 0 Å². The second-order valence-electron chi connectivity index (χ2n) is 12.3. The first-order valence-electron chi connectivity index (χ1n) is 14.8. The minimum Gasteiger partial charge on any atom is -0.444 e. The molecule has 1 N–H and O–H groups in total. The van der Waals surface area contributed by atoms with Gasteiger partial charge in [0.1, 0.15) is 5.60 Å². The Balaban J connectivity index is 1.64. The molecule has 9 heteroatoms. The number of carbonyl (C=O) groups is 3. The summed E-state index contributed by atoms with van der Waals surface area (Å²) in [6.07, 6.45) is 1.17. The Morgan fingerprint density at radius 2 is 1.59 bits per heavy atom. The second kappa shape index (κ2) is 13.0. The Labute approximate surface area is 268 Å². The fourth-order valence-corrected chi connectivity index (χ4v) is 5.91. The van der Waals surface area contributed by atoms with Crippen molar-refractivity contribution in [3.05, 3.63) is 99.5 Å². The van der Waals surface area contributed by atoms with E-state index in [4.69, 9.17) is 27.9 Å². The van der Waals surface area contributed by atoms with E-state index in [1.807, 2.05) is 71.6 Å². The summed E-state index contributed by atoms with van der Waals surface area (Å²) >= 11 is 12.9. The van der Waals surface area contributed by atoms with Crippen LogP contribution in [0.25, 0.3) is 16.7 Å². The maximum absolute atomic E-state index is 14.7. The van der Waals surface area contributed by atoms with Gasteiger partial charge >= 0.3 is 6.09 Å². The molecule has 230 valence electrons. The van der Waals surface area contributed by atoms with Gasteiger partial charge in [-0.3, -0.25) is 9.59 Å². The third kappa shape index (κ3) is 7.45. The number of benzene rings is 3. The minimum atomic E-state index is -0.734. The molecule has 3 aromatic rings. The van der Waals surface area contributed by atoms with Crippen LogP contribution in [0.2, 0.25) is 10.0 Å². The van der Waals surface area contributed by atoms with E-state index in [1.54, 1.807) is 26.8 Å². The summed E-state index contributed by atoms with van der Waals surface area (Å²) < 4.78 is 5.72. The van der Waals surface area contributed by atoms with Crippen molar-refractivity contribution in [2.75, 3.05) is 13.1 Å². The minimum absolute atomic E-state index is 0.0260. The first kappa shape index (κ1) is 31.6. The van der Waals surface area contributed by atoms with E-state index in [9.17, 15) is 14.4 Å². The van der Waals surface area contributed by atoms with Gasteiger partial charge < -0.3 is 19.9 Å². The van der Waals surface area contributed by atoms with E-state index in [0.29, 0.717) is 21.2 Å². The van der Waals surface area contributed by atoms with Crippen LogP contribution < -0.4 is 5.32 Å². The summed E-state index contributed by atoms with van der Waals surface area (Å²) in [6, 6.07) is 22.7. The average Bonchev–Trinajstić information content (AvgIpc) is 3.82. The van der Waals surface area contributed by atoms with Crippen LogP contribution in [0.1, 0.15) is 51.7 Å². The van der Waals surface area contributed by atoms with Gasteiger partial charge in [-0.25, -0.2) is 4.79 Å². The van der Waals surface area contributed by atoms with Crippen molar-refractivity contribution in [3.63, 3.8) is 0 Å². The largest absolute Gasteiger partial charge is 0.444 e. The maximum Gasteiger partial charge on any atom is 0.410 e. The number of nitrogens with zero attached hydrogens (tertiary/aromatic N) is 2. The molecule has 0 saturated heterocycles. The number of hydrogen-bond acceptors (Lipinski definition) is 4. The quantitative estimate of drug-likeness (QED) is 0.295. The number of nitrogens with one attached hydrogen (secondary N) is 1. The van der Waals surface area contributed by atoms with Crippen LogP contribution in [0, 0.1) is 0 Å². The molecule has 2 aliphatic rings. The van der Waals surface area contributed by atoms with Gasteiger partial charge in [-0.2, -0.15) is 0 Å². The van der Waals surface area contributed by atoms with Crippen LogP contribution in [-0.4, -0.2) is 58.5 Å². The molecule has 1 unspecified atom stereocenters. The van der Waals surface area contributed by atoms with Gasteiger partial charge in [0.15, 0.2) is 0 Å². The van der Waals surface area contributed by atoms with Gasteiger partial charge in [-0.1, -0.05) is 83.9 Å². The molecule has 1 fully saturated rings. The van der Waals surface area contributed by atoms with Crippen molar-refractivity contribution in [3.8, 4) is 11.1 Å². The average molecular weight is 635 g/mol. The molecule has 7 nitrogen and oxygen atoms in total. The highest BCUT2D eigenvalue weighted by molar-refractivity contribution is 6.42. The van der Waals surface area contributed by atoms with E-state index in [2.05, 4.69) is 5.32 Å². The summed E-state index contributed by atoms with van der Waals surface area (Å²) in [5.41, 5.74) is 3.92. The Kier molecular flexibility index (Phi) is 9.37. The predicted octanol–water partition coefficient (Wildman–Crippen LogP) is 7.36. The summed E-state index contributed by atoms with van der Waals surface area (Å²) in [6.45, 7) is 7.27. The first-order chi connectivity index (χ1) is 20.9. The molecular formula is C35H37Cl2N3O4. The molecule has 3 amide bonds. The molecule has 44 heavy (non-hydrogen) atoms. The lowest BCUT2D eigenvalue weighted by atomic mass is 9.87. The molecule has 5 rings (SSSR count). The van der Waals surface area contributed by atoms with E-state index in [0.717, 1.165) is 35.1 Å². The fourth-order valence-electron chi connectivity index (χ4n) is 5.53. The number of ether oxygens (including phenoxy) is 1. The highest BCUT2D eigenvalue weighted by atomic mass is 35.5.